The number of ether oxygens (including phenoxy) is 2. The zero-order valence-corrected chi connectivity index (χ0v) is 14.2. The van der Waals surface area contributed by atoms with Crippen molar-refractivity contribution in [2.45, 2.75) is 11.0 Å². The summed E-state index contributed by atoms with van der Waals surface area (Å²) in [5, 5.41) is 8.78. The number of thiophene rings is 1. The molecule has 11 heteroatoms. The van der Waals surface area contributed by atoms with Crippen LogP contribution in [0.2, 0.25) is 0 Å². The van der Waals surface area contributed by atoms with Gasteiger partial charge in [0, 0.05) is 13.7 Å². The SMILES string of the molecule is COC(=O)c1cc(S(=O)(=O)NCC(OC)C(=O)O)c(Br)s1. The Morgan fingerprint density at radius 3 is 2.57 bits per heavy atom. The number of carboxylic acid groups (broad SMARTS) is 1. The smallest absolute Gasteiger partial charge is 0.348 e. The maximum absolute atomic E-state index is 12.1. The topological polar surface area (TPSA) is 119 Å². The van der Waals surface area contributed by atoms with Crippen molar-refractivity contribution < 1.29 is 32.6 Å². The van der Waals surface area contributed by atoms with Gasteiger partial charge in [-0.05, 0) is 22.0 Å². The van der Waals surface area contributed by atoms with E-state index in [4.69, 9.17) is 5.11 Å². The Labute approximate surface area is 133 Å². The molecule has 21 heavy (non-hydrogen) atoms. The van der Waals surface area contributed by atoms with Crippen molar-refractivity contribution in [3.05, 3.63) is 14.7 Å². The van der Waals surface area contributed by atoms with Crippen molar-refractivity contribution in [1.82, 2.24) is 4.72 Å². The van der Waals surface area contributed by atoms with Gasteiger partial charge in [-0.2, -0.15) is 0 Å². The van der Waals surface area contributed by atoms with E-state index in [1.807, 2.05) is 0 Å². The quantitative estimate of drug-likeness (QED) is 0.644. The van der Waals surface area contributed by atoms with Gasteiger partial charge < -0.3 is 14.6 Å². The van der Waals surface area contributed by atoms with Gasteiger partial charge in [0.1, 0.15) is 9.77 Å². The van der Waals surface area contributed by atoms with Gasteiger partial charge in [0.15, 0.2) is 6.10 Å². The lowest BCUT2D eigenvalue weighted by Crippen LogP contribution is -2.37. The molecule has 1 atom stereocenters. The van der Waals surface area contributed by atoms with Crippen molar-refractivity contribution >= 4 is 49.2 Å². The van der Waals surface area contributed by atoms with Gasteiger partial charge in [-0.3, -0.25) is 0 Å². The Morgan fingerprint density at radius 2 is 2.10 bits per heavy atom. The van der Waals surface area contributed by atoms with E-state index in [1.165, 1.54) is 7.11 Å². The molecule has 1 rings (SSSR count). The Morgan fingerprint density at radius 1 is 1.48 bits per heavy atom. The van der Waals surface area contributed by atoms with Crippen LogP contribution in [-0.2, 0) is 24.3 Å². The standard InChI is InChI=1S/C10H12BrNO7S2/c1-18-5(9(13)14)4-12-21(16,17)7-3-6(10(15)19-2)20-8(7)11/h3,5,12H,4H2,1-2H3,(H,13,14). The Hall–Kier alpha value is -1.01. The maximum Gasteiger partial charge on any atom is 0.348 e. The molecule has 0 amide bonds. The normalized spacial score (nSPS) is 12.9. The van der Waals surface area contributed by atoms with E-state index in [0.29, 0.717) is 0 Å². The highest BCUT2D eigenvalue weighted by Crippen LogP contribution is 2.31. The molecule has 0 aliphatic carbocycles. The van der Waals surface area contributed by atoms with Gasteiger partial charge >= 0.3 is 11.9 Å². The van der Waals surface area contributed by atoms with Crippen LogP contribution in [0, 0.1) is 0 Å². The van der Waals surface area contributed by atoms with Crippen LogP contribution >= 0.6 is 27.3 Å². The van der Waals surface area contributed by atoms with E-state index >= 15 is 0 Å². The lowest BCUT2D eigenvalue weighted by molar-refractivity contribution is -0.147. The van der Waals surface area contributed by atoms with Crippen LogP contribution in [0.25, 0.3) is 0 Å². The van der Waals surface area contributed by atoms with E-state index in [2.05, 4.69) is 30.1 Å². The zero-order valence-electron chi connectivity index (χ0n) is 11.0. The van der Waals surface area contributed by atoms with E-state index in [-0.39, 0.29) is 13.6 Å². The van der Waals surface area contributed by atoms with Gasteiger partial charge in [0.2, 0.25) is 10.0 Å². The molecule has 0 aliphatic rings. The van der Waals surface area contributed by atoms with Gasteiger partial charge in [-0.25, -0.2) is 22.7 Å². The highest BCUT2D eigenvalue weighted by Gasteiger charge is 2.26. The second-order valence-corrected chi connectivity index (χ2v) is 7.76. The minimum Gasteiger partial charge on any atom is -0.479 e. The van der Waals surface area contributed by atoms with E-state index in [9.17, 15) is 18.0 Å². The second kappa shape index (κ2) is 7.31. The van der Waals surface area contributed by atoms with E-state index < -0.39 is 34.6 Å². The average molecular weight is 402 g/mol. The minimum absolute atomic E-state index is 0.103. The first kappa shape index (κ1) is 18.0. The summed E-state index contributed by atoms with van der Waals surface area (Å²) in [4.78, 5) is 22.0. The van der Waals surface area contributed by atoms with Crippen molar-refractivity contribution in [3.63, 3.8) is 0 Å². The zero-order chi connectivity index (χ0) is 16.2. The predicted octanol–water partition coefficient (Wildman–Crippen LogP) is 0.675. The van der Waals surface area contributed by atoms with Gasteiger partial charge in [-0.15, -0.1) is 11.3 Å². The Bertz CT molecular complexity index is 640. The molecule has 0 bridgehead atoms. The highest BCUT2D eigenvalue weighted by molar-refractivity contribution is 9.11. The number of rotatable bonds is 7. The Balaban J connectivity index is 2.95. The number of sulfonamides is 1. The molecule has 8 nitrogen and oxygen atoms in total. The monoisotopic (exact) mass is 401 g/mol. The predicted molar refractivity (Wildman–Crippen MR) is 77.0 cm³/mol. The molecule has 0 spiro atoms. The molecular formula is C10H12BrNO7S2. The molecule has 0 fully saturated rings. The number of halogens is 1. The van der Waals surface area contributed by atoms with Crippen molar-refractivity contribution in [1.29, 1.82) is 0 Å². The number of carbonyl (C=O) groups excluding carboxylic acids is 1. The summed E-state index contributed by atoms with van der Waals surface area (Å²) < 4.78 is 35.6. The fourth-order valence-corrected chi connectivity index (χ4v) is 4.78. The van der Waals surface area contributed by atoms with Crippen LogP contribution in [0.4, 0.5) is 0 Å². The third-order valence-corrected chi connectivity index (χ3v) is 6.01. The van der Waals surface area contributed by atoms with Crippen LogP contribution in [0.1, 0.15) is 9.67 Å². The van der Waals surface area contributed by atoms with Crippen molar-refractivity contribution in [2.75, 3.05) is 20.8 Å². The lowest BCUT2D eigenvalue weighted by Gasteiger charge is -2.11. The summed E-state index contributed by atoms with van der Waals surface area (Å²) in [6, 6.07) is 1.14. The maximum atomic E-state index is 12.1. The number of nitrogens with one attached hydrogen (secondary N) is 1. The molecule has 1 unspecified atom stereocenters. The fraction of sp³-hybridized carbons (Fsp3) is 0.400. The summed E-state index contributed by atoms with van der Waals surface area (Å²) in [6.45, 7) is -0.440. The second-order valence-electron chi connectivity index (χ2n) is 3.65. The number of carboxylic acids is 1. The first-order valence-corrected chi connectivity index (χ1v) is 8.45. The van der Waals surface area contributed by atoms with E-state index in [0.717, 1.165) is 24.5 Å². The average Bonchev–Trinajstić information content (AvgIpc) is 2.81. The third-order valence-electron chi connectivity index (χ3n) is 2.35. The van der Waals surface area contributed by atoms with Crippen molar-refractivity contribution in [2.24, 2.45) is 0 Å². The number of esters is 1. The molecule has 0 aromatic carbocycles. The Kier molecular flexibility index (Phi) is 6.28. The molecule has 0 aliphatic heterocycles. The van der Waals surface area contributed by atoms with Gasteiger partial charge in [0.25, 0.3) is 0 Å². The largest absolute Gasteiger partial charge is 0.479 e. The van der Waals surface area contributed by atoms with Crippen LogP contribution in [0.5, 0.6) is 0 Å². The number of methoxy groups -OCH3 is 2. The number of aliphatic carboxylic acids is 1. The first-order valence-electron chi connectivity index (χ1n) is 5.35. The summed E-state index contributed by atoms with van der Waals surface area (Å²) in [5.74, 6) is -1.96. The van der Waals surface area contributed by atoms with Crippen molar-refractivity contribution in [3.8, 4) is 0 Å². The minimum atomic E-state index is -3.99. The van der Waals surface area contributed by atoms with Gasteiger partial charge in [0.05, 0.1) is 10.9 Å². The molecule has 1 heterocycles. The lowest BCUT2D eigenvalue weighted by atomic mass is 10.4. The molecule has 1 aromatic rings. The number of hydrogen-bond acceptors (Lipinski definition) is 7. The van der Waals surface area contributed by atoms with E-state index in [1.54, 1.807) is 0 Å². The summed E-state index contributed by atoms with van der Waals surface area (Å²) >= 11 is 3.94. The van der Waals surface area contributed by atoms with Crippen LogP contribution < -0.4 is 4.72 Å². The fourth-order valence-electron chi connectivity index (χ4n) is 1.27. The van der Waals surface area contributed by atoms with Gasteiger partial charge in [-0.1, -0.05) is 0 Å². The summed E-state index contributed by atoms with van der Waals surface area (Å²) in [6.07, 6.45) is -1.31. The van der Waals surface area contributed by atoms with Crippen LogP contribution in [0.15, 0.2) is 14.7 Å². The molecule has 0 saturated carbocycles. The molecule has 118 valence electrons. The first-order chi connectivity index (χ1) is 9.72. The summed E-state index contributed by atoms with van der Waals surface area (Å²) in [7, 11) is -1.65. The third kappa shape index (κ3) is 4.48. The summed E-state index contributed by atoms with van der Waals surface area (Å²) in [5.41, 5.74) is 0. The van der Waals surface area contributed by atoms with Crippen LogP contribution in [-0.4, -0.2) is 52.3 Å². The molecule has 0 saturated heterocycles. The molecule has 0 radical (unpaired) electrons. The molecule has 2 N–H and O–H groups in total. The number of carbonyl (C=O) groups is 2. The van der Waals surface area contributed by atoms with Crippen LogP contribution in [0.3, 0.4) is 0 Å². The molecule has 1 aromatic heterocycles. The number of hydrogen-bond donors (Lipinski definition) is 2. The highest BCUT2D eigenvalue weighted by atomic mass is 79.9. The molecular weight excluding hydrogens is 390 g/mol.